The number of thiocarbonyl (C=S) groups is 1. The van der Waals surface area contributed by atoms with E-state index in [1.807, 2.05) is 48.5 Å². The van der Waals surface area contributed by atoms with Crippen molar-refractivity contribution >= 4 is 33.9 Å². The summed E-state index contributed by atoms with van der Waals surface area (Å²) in [5.74, 6) is 1.37. The summed E-state index contributed by atoms with van der Waals surface area (Å²) in [6.45, 7) is 0. The van der Waals surface area contributed by atoms with Gasteiger partial charge in [0.15, 0.2) is 11.3 Å². The van der Waals surface area contributed by atoms with Gasteiger partial charge in [0.2, 0.25) is 5.55 Å². The fourth-order valence-corrected chi connectivity index (χ4v) is 2.47. The Morgan fingerprint density at radius 1 is 1.08 bits per heavy atom. The fourth-order valence-electron chi connectivity index (χ4n) is 2.32. The van der Waals surface area contributed by atoms with E-state index in [0.717, 1.165) is 11.1 Å². The molecule has 0 radical (unpaired) electrons. The largest absolute Gasteiger partial charge is 0.497 e. The van der Waals surface area contributed by atoms with Gasteiger partial charge in [-0.3, -0.25) is 0 Å². The van der Waals surface area contributed by atoms with Gasteiger partial charge in [-0.2, -0.15) is 0 Å². The summed E-state index contributed by atoms with van der Waals surface area (Å²) < 4.78 is 16.4. The molecule has 0 aliphatic heterocycles. The molecule has 2 N–H and O–H groups in total. The molecule has 0 aliphatic carbocycles. The Bertz CT molecular complexity index is 962. The molecular formula is C18H16N2O3S. The number of methoxy groups -OCH3 is 2. The predicted octanol–water partition coefficient (Wildman–Crippen LogP) is 3.32. The first-order valence-corrected chi connectivity index (χ1v) is 7.62. The summed E-state index contributed by atoms with van der Waals surface area (Å²) in [5.41, 5.74) is 8.03. The average molecular weight is 340 g/mol. The second-order valence-corrected chi connectivity index (χ2v) is 5.46. The van der Waals surface area contributed by atoms with Gasteiger partial charge in [0.1, 0.15) is 10.7 Å². The van der Waals surface area contributed by atoms with Crippen molar-refractivity contribution in [3.05, 3.63) is 59.6 Å². The third-order valence-corrected chi connectivity index (χ3v) is 3.75. The zero-order chi connectivity index (χ0) is 17.1. The van der Waals surface area contributed by atoms with Crippen molar-refractivity contribution in [1.82, 2.24) is 0 Å². The van der Waals surface area contributed by atoms with Gasteiger partial charge in [-0.05, 0) is 36.4 Å². The van der Waals surface area contributed by atoms with Crippen molar-refractivity contribution in [2.24, 2.45) is 10.7 Å². The zero-order valence-corrected chi connectivity index (χ0v) is 14.1. The van der Waals surface area contributed by atoms with Crippen molar-refractivity contribution in [1.29, 1.82) is 0 Å². The van der Waals surface area contributed by atoms with E-state index in [2.05, 4.69) is 4.99 Å². The zero-order valence-electron chi connectivity index (χ0n) is 13.3. The predicted molar refractivity (Wildman–Crippen MR) is 96.9 cm³/mol. The van der Waals surface area contributed by atoms with Crippen LogP contribution in [0.5, 0.6) is 11.5 Å². The molecule has 0 saturated heterocycles. The van der Waals surface area contributed by atoms with Crippen LogP contribution in [-0.4, -0.2) is 19.2 Å². The first-order valence-electron chi connectivity index (χ1n) is 7.22. The van der Waals surface area contributed by atoms with Crippen molar-refractivity contribution in [2.75, 3.05) is 14.2 Å². The van der Waals surface area contributed by atoms with Crippen LogP contribution in [0, 0.1) is 0 Å². The second-order valence-electron chi connectivity index (χ2n) is 5.02. The maximum atomic E-state index is 5.95. The van der Waals surface area contributed by atoms with Crippen LogP contribution in [0.3, 0.4) is 0 Å². The molecule has 0 unspecified atom stereocenters. The summed E-state index contributed by atoms with van der Waals surface area (Å²) in [6.07, 6.45) is 0. The van der Waals surface area contributed by atoms with Gasteiger partial charge in [0.05, 0.1) is 25.5 Å². The quantitative estimate of drug-likeness (QED) is 0.738. The SMILES string of the molecule is COc1ccc(N=c2oc3c(OC)cccc3cc2C(N)=S)cc1. The Morgan fingerprint density at radius 2 is 1.83 bits per heavy atom. The summed E-state index contributed by atoms with van der Waals surface area (Å²) in [6, 6.07) is 14.7. The first-order chi connectivity index (χ1) is 11.6. The number of nitrogens with zero attached hydrogens (tertiary/aromatic N) is 1. The second kappa shape index (κ2) is 6.72. The fraction of sp³-hybridized carbons (Fsp3) is 0.111. The van der Waals surface area contributed by atoms with E-state index in [1.54, 1.807) is 14.2 Å². The van der Waals surface area contributed by atoms with Crippen LogP contribution in [0.15, 0.2) is 57.9 Å². The van der Waals surface area contributed by atoms with Gasteiger partial charge in [0.25, 0.3) is 0 Å². The lowest BCUT2D eigenvalue weighted by Crippen LogP contribution is -2.20. The van der Waals surface area contributed by atoms with Crippen LogP contribution >= 0.6 is 12.2 Å². The summed E-state index contributed by atoms with van der Waals surface area (Å²) >= 11 is 5.14. The smallest absolute Gasteiger partial charge is 0.230 e. The van der Waals surface area contributed by atoms with Crippen molar-refractivity contribution in [2.45, 2.75) is 0 Å². The first kappa shape index (κ1) is 16.0. The average Bonchev–Trinajstić information content (AvgIpc) is 2.61. The van der Waals surface area contributed by atoms with Crippen LogP contribution in [0.1, 0.15) is 5.56 Å². The molecule has 122 valence electrons. The Hall–Kier alpha value is -2.86. The van der Waals surface area contributed by atoms with Crippen LogP contribution in [-0.2, 0) is 0 Å². The molecule has 0 atom stereocenters. The number of hydrogen-bond acceptors (Lipinski definition) is 5. The molecule has 2 aromatic carbocycles. The third kappa shape index (κ3) is 3.09. The molecule has 6 heteroatoms. The molecule has 0 saturated carbocycles. The minimum Gasteiger partial charge on any atom is -0.497 e. The molecule has 0 spiro atoms. The van der Waals surface area contributed by atoms with Crippen molar-refractivity contribution in [3.63, 3.8) is 0 Å². The van der Waals surface area contributed by atoms with Gasteiger partial charge in [-0.1, -0.05) is 24.4 Å². The lowest BCUT2D eigenvalue weighted by molar-refractivity contribution is 0.405. The molecule has 1 aromatic heterocycles. The van der Waals surface area contributed by atoms with E-state index in [4.69, 9.17) is 31.8 Å². The highest BCUT2D eigenvalue weighted by Crippen LogP contribution is 2.25. The highest BCUT2D eigenvalue weighted by Gasteiger charge is 2.10. The number of nitrogens with two attached hydrogens (primary N) is 1. The van der Waals surface area contributed by atoms with Crippen LogP contribution in [0.2, 0.25) is 0 Å². The Labute approximate surface area is 144 Å². The molecule has 0 aliphatic rings. The normalized spacial score (nSPS) is 11.5. The van der Waals surface area contributed by atoms with E-state index >= 15 is 0 Å². The standard InChI is InChI=1S/C18H16N2O3S/c1-21-13-8-6-12(7-9-13)20-18-14(17(19)24)10-11-4-3-5-15(22-2)16(11)23-18/h3-10H,1-2H3,(H2,19,24). The van der Waals surface area contributed by atoms with Gasteiger partial charge in [-0.15, -0.1) is 0 Å². The van der Waals surface area contributed by atoms with Gasteiger partial charge in [0, 0.05) is 5.39 Å². The minimum atomic E-state index is 0.218. The summed E-state index contributed by atoms with van der Waals surface area (Å²) in [7, 11) is 3.20. The molecule has 5 nitrogen and oxygen atoms in total. The van der Waals surface area contributed by atoms with E-state index in [1.165, 1.54) is 0 Å². The molecular weight excluding hydrogens is 324 g/mol. The molecule has 3 aromatic rings. The molecule has 3 rings (SSSR count). The minimum absolute atomic E-state index is 0.218. The third-order valence-electron chi connectivity index (χ3n) is 3.53. The molecule has 1 heterocycles. The van der Waals surface area contributed by atoms with Crippen molar-refractivity contribution < 1.29 is 13.9 Å². The maximum Gasteiger partial charge on any atom is 0.230 e. The van der Waals surface area contributed by atoms with Crippen molar-refractivity contribution in [3.8, 4) is 11.5 Å². The molecule has 0 fully saturated rings. The molecule has 24 heavy (non-hydrogen) atoms. The maximum absolute atomic E-state index is 5.95. The Kier molecular flexibility index (Phi) is 4.48. The Balaban J connectivity index is 2.25. The molecule has 0 amide bonds. The highest BCUT2D eigenvalue weighted by molar-refractivity contribution is 7.80. The van der Waals surface area contributed by atoms with Gasteiger partial charge in [-0.25, -0.2) is 4.99 Å². The van der Waals surface area contributed by atoms with E-state index < -0.39 is 0 Å². The number of ether oxygens (including phenoxy) is 2. The van der Waals surface area contributed by atoms with E-state index in [9.17, 15) is 0 Å². The van der Waals surface area contributed by atoms with Gasteiger partial charge < -0.3 is 19.6 Å². The van der Waals surface area contributed by atoms with Crippen LogP contribution < -0.4 is 20.8 Å². The van der Waals surface area contributed by atoms with Gasteiger partial charge >= 0.3 is 0 Å². The Morgan fingerprint density at radius 3 is 2.46 bits per heavy atom. The monoisotopic (exact) mass is 340 g/mol. The molecule has 0 bridgehead atoms. The summed E-state index contributed by atoms with van der Waals surface area (Å²) in [5, 5.41) is 0.839. The van der Waals surface area contributed by atoms with Crippen LogP contribution in [0.25, 0.3) is 11.0 Å². The number of fused-ring (bicyclic) bond motifs is 1. The van der Waals surface area contributed by atoms with E-state index in [0.29, 0.717) is 28.1 Å². The number of hydrogen-bond donors (Lipinski definition) is 1. The summed E-state index contributed by atoms with van der Waals surface area (Å²) in [4.78, 5) is 4.74. The number of para-hydroxylation sites is 1. The topological polar surface area (TPSA) is 70.0 Å². The van der Waals surface area contributed by atoms with Crippen LogP contribution in [0.4, 0.5) is 5.69 Å². The lowest BCUT2D eigenvalue weighted by Gasteiger charge is -2.07. The highest BCUT2D eigenvalue weighted by atomic mass is 32.1. The van der Waals surface area contributed by atoms with E-state index in [-0.39, 0.29) is 4.99 Å². The number of benzene rings is 2. The lowest BCUT2D eigenvalue weighted by atomic mass is 10.1. The number of rotatable bonds is 4.